The SMILES string of the molecule is CCCOC(c1ccccc1F)C(C)N. The molecular formula is C12H18FNO. The van der Waals surface area contributed by atoms with Crippen LogP contribution in [0, 0.1) is 5.82 Å². The zero-order valence-corrected chi connectivity index (χ0v) is 9.24. The molecule has 84 valence electrons. The molecule has 0 spiro atoms. The first-order valence-corrected chi connectivity index (χ1v) is 5.28. The number of nitrogens with two attached hydrogens (primary N) is 1. The largest absolute Gasteiger partial charge is 0.372 e. The summed E-state index contributed by atoms with van der Waals surface area (Å²) in [4.78, 5) is 0. The van der Waals surface area contributed by atoms with Crippen LogP contribution in [0.3, 0.4) is 0 Å². The van der Waals surface area contributed by atoms with E-state index in [1.807, 2.05) is 13.8 Å². The molecule has 1 rings (SSSR count). The van der Waals surface area contributed by atoms with Crippen molar-refractivity contribution in [3.05, 3.63) is 35.6 Å². The average molecular weight is 211 g/mol. The molecule has 3 heteroatoms. The van der Waals surface area contributed by atoms with Gasteiger partial charge in [0.2, 0.25) is 0 Å². The van der Waals surface area contributed by atoms with Crippen LogP contribution in [0.25, 0.3) is 0 Å². The fraction of sp³-hybridized carbons (Fsp3) is 0.500. The standard InChI is InChI=1S/C12H18FNO/c1-3-8-15-12(9(2)14)10-6-4-5-7-11(10)13/h4-7,9,12H,3,8,14H2,1-2H3. The first kappa shape index (κ1) is 12.1. The molecule has 2 unspecified atom stereocenters. The number of hydrogen-bond donors (Lipinski definition) is 1. The molecule has 2 atom stereocenters. The van der Waals surface area contributed by atoms with Gasteiger partial charge in [0.15, 0.2) is 0 Å². The molecule has 0 aromatic heterocycles. The van der Waals surface area contributed by atoms with E-state index < -0.39 is 0 Å². The monoisotopic (exact) mass is 211 g/mol. The smallest absolute Gasteiger partial charge is 0.129 e. The fourth-order valence-corrected chi connectivity index (χ4v) is 1.48. The van der Waals surface area contributed by atoms with E-state index in [0.29, 0.717) is 12.2 Å². The van der Waals surface area contributed by atoms with Gasteiger partial charge in [-0.1, -0.05) is 25.1 Å². The summed E-state index contributed by atoms with van der Waals surface area (Å²) in [5.74, 6) is -0.254. The van der Waals surface area contributed by atoms with E-state index in [2.05, 4.69) is 0 Å². The number of benzene rings is 1. The molecule has 0 amide bonds. The predicted molar refractivity (Wildman–Crippen MR) is 59.0 cm³/mol. The van der Waals surface area contributed by atoms with Crippen molar-refractivity contribution in [3.8, 4) is 0 Å². The second-order valence-corrected chi connectivity index (χ2v) is 3.67. The summed E-state index contributed by atoms with van der Waals surface area (Å²) in [5.41, 5.74) is 6.33. The topological polar surface area (TPSA) is 35.2 Å². The van der Waals surface area contributed by atoms with Crippen molar-refractivity contribution in [1.82, 2.24) is 0 Å². The minimum absolute atomic E-state index is 0.214. The van der Waals surface area contributed by atoms with Crippen molar-refractivity contribution in [1.29, 1.82) is 0 Å². The molecule has 1 aromatic rings. The summed E-state index contributed by atoms with van der Waals surface area (Å²) in [5, 5.41) is 0. The minimum atomic E-state index is -0.355. The second kappa shape index (κ2) is 5.83. The zero-order chi connectivity index (χ0) is 11.3. The quantitative estimate of drug-likeness (QED) is 0.812. The molecule has 0 saturated heterocycles. The van der Waals surface area contributed by atoms with Gasteiger partial charge in [-0.15, -0.1) is 0 Å². The number of halogens is 1. The van der Waals surface area contributed by atoms with Crippen molar-refractivity contribution >= 4 is 0 Å². The van der Waals surface area contributed by atoms with Gasteiger partial charge in [-0.25, -0.2) is 4.39 Å². The summed E-state index contributed by atoms with van der Waals surface area (Å²) in [6, 6.07) is 6.40. The Hall–Kier alpha value is -0.930. The third kappa shape index (κ3) is 3.29. The Kier molecular flexibility index (Phi) is 4.72. The normalized spacial score (nSPS) is 14.9. The van der Waals surface area contributed by atoms with Crippen molar-refractivity contribution in [3.63, 3.8) is 0 Å². The van der Waals surface area contributed by atoms with Crippen molar-refractivity contribution in [2.75, 3.05) is 6.61 Å². The lowest BCUT2D eigenvalue weighted by Gasteiger charge is -2.22. The van der Waals surface area contributed by atoms with Crippen LogP contribution in [0.1, 0.15) is 31.9 Å². The summed E-state index contributed by atoms with van der Waals surface area (Å²) in [6.07, 6.45) is 0.545. The Labute approximate surface area is 90.2 Å². The number of rotatable bonds is 5. The summed E-state index contributed by atoms with van der Waals surface area (Å²) < 4.78 is 19.0. The molecule has 0 aliphatic rings. The molecule has 0 heterocycles. The van der Waals surface area contributed by atoms with Gasteiger partial charge >= 0.3 is 0 Å². The molecule has 0 aliphatic carbocycles. The first-order chi connectivity index (χ1) is 7.16. The van der Waals surface area contributed by atoms with Gasteiger partial charge in [0.05, 0.1) is 0 Å². The Balaban J connectivity index is 2.84. The van der Waals surface area contributed by atoms with Crippen molar-refractivity contribution in [2.45, 2.75) is 32.4 Å². The molecule has 1 aromatic carbocycles. The van der Waals surface area contributed by atoms with Crippen molar-refractivity contribution in [2.24, 2.45) is 5.73 Å². The summed E-state index contributed by atoms with van der Waals surface area (Å²) >= 11 is 0. The molecule has 0 radical (unpaired) electrons. The highest BCUT2D eigenvalue weighted by Gasteiger charge is 2.19. The van der Waals surface area contributed by atoms with Gasteiger partial charge in [-0.3, -0.25) is 0 Å². The maximum Gasteiger partial charge on any atom is 0.129 e. The zero-order valence-electron chi connectivity index (χ0n) is 9.24. The number of ether oxygens (including phenoxy) is 1. The van der Waals surface area contributed by atoms with Crippen LogP contribution >= 0.6 is 0 Å². The van der Waals surface area contributed by atoms with Gasteiger partial charge in [-0.2, -0.15) is 0 Å². The fourth-order valence-electron chi connectivity index (χ4n) is 1.48. The van der Waals surface area contributed by atoms with E-state index in [-0.39, 0.29) is 18.0 Å². The maximum atomic E-state index is 13.5. The molecule has 2 nitrogen and oxygen atoms in total. The first-order valence-electron chi connectivity index (χ1n) is 5.28. The second-order valence-electron chi connectivity index (χ2n) is 3.67. The van der Waals surface area contributed by atoms with Gasteiger partial charge in [-0.05, 0) is 19.4 Å². The van der Waals surface area contributed by atoms with E-state index in [1.165, 1.54) is 6.07 Å². The highest BCUT2D eigenvalue weighted by atomic mass is 19.1. The molecule has 0 saturated carbocycles. The van der Waals surface area contributed by atoms with Crippen LogP contribution in [0.5, 0.6) is 0 Å². The Morgan fingerprint density at radius 2 is 2.07 bits per heavy atom. The van der Waals surface area contributed by atoms with Crippen LogP contribution in [0.15, 0.2) is 24.3 Å². The van der Waals surface area contributed by atoms with Gasteiger partial charge in [0, 0.05) is 18.2 Å². The molecule has 15 heavy (non-hydrogen) atoms. The highest BCUT2D eigenvalue weighted by Crippen LogP contribution is 2.23. The number of hydrogen-bond acceptors (Lipinski definition) is 2. The minimum Gasteiger partial charge on any atom is -0.372 e. The lowest BCUT2D eigenvalue weighted by Crippen LogP contribution is -2.28. The van der Waals surface area contributed by atoms with E-state index in [1.54, 1.807) is 18.2 Å². The van der Waals surface area contributed by atoms with Crippen LogP contribution in [0.4, 0.5) is 4.39 Å². The van der Waals surface area contributed by atoms with Crippen LogP contribution in [-0.2, 0) is 4.74 Å². The average Bonchev–Trinajstić information content (AvgIpc) is 2.20. The van der Waals surface area contributed by atoms with Gasteiger partial charge in [0.25, 0.3) is 0 Å². The van der Waals surface area contributed by atoms with Gasteiger partial charge < -0.3 is 10.5 Å². The lowest BCUT2D eigenvalue weighted by atomic mass is 10.0. The van der Waals surface area contributed by atoms with Crippen LogP contribution in [-0.4, -0.2) is 12.6 Å². The lowest BCUT2D eigenvalue weighted by molar-refractivity contribution is 0.0364. The predicted octanol–water partition coefficient (Wildman–Crippen LogP) is 2.64. The maximum absolute atomic E-state index is 13.5. The van der Waals surface area contributed by atoms with E-state index in [4.69, 9.17) is 10.5 Å². The summed E-state index contributed by atoms with van der Waals surface area (Å²) in [6.45, 7) is 4.44. The molecular weight excluding hydrogens is 193 g/mol. The van der Waals surface area contributed by atoms with E-state index >= 15 is 0 Å². The van der Waals surface area contributed by atoms with Crippen LogP contribution in [0.2, 0.25) is 0 Å². The molecule has 0 bridgehead atoms. The summed E-state index contributed by atoms with van der Waals surface area (Å²) in [7, 11) is 0. The molecule has 0 aliphatic heterocycles. The molecule has 2 N–H and O–H groups in total. The van der Waals surface area contributed by atoms with E-state index in [9.17, 15) is 4.39 Å². The Morgan fingerprint density at radius 1 is 1.40 bits per heavy atom. The molecule has 0 fully saturated rings. The third-order valence-electron chi connectivity index (χ3n) is 2.19. The van der Waals surface area contributed by atoms with Crippen LogP contribution < -0.4 is 5.73 Å². The highest BCUT2D eigenvalue weighted by molar-refractivity contribution is 5.21. The third-order valence-corrected chi connectivity index (χ3v) is 2.19. The van der Waals surface area contributed by atoms with E-state index in [0.717, 1.165) is 6.42 Å². The Morgan fingerprint density at radius 3 is 2.60 bits per heavy atom. The van der Waals surface area contributed by atoms with Gasteiger partial charge in [0.1, 0.15) is 11.9 Å². The Bertz CT molecular complexity index is 301. The van der Waals surface area contributed by atoms with Crippen molar-refractivity contribution < 1.29 is 9.13 Å².